The fourth-order valence-electron chi connectivity index (χ4n) is 3.35. The number of piperazine rings is 1. The Kier molecular flexibility index (Phi) is 4.03. The third-order valence-electron chi connectivity index (χ3n) is 4.92. The van der Waals surface area contributed by atoms with Gasteiger partial charge in [0.05, 0.1) is 0 Å². The second kappa shape index (κ2) is 5.80. The van der Waals surface area contributed by atoms with E-state index in [0.717, 1.165) is 26.1 Å². The molecule has 0 radical (unpaired) electrons. The Labute approximate surface area is 127 Å². The number of carbonyl (C=O) groups excluding carboxylic acids is 1. The van der Waals surface area contributed by atoms with Crippen LogP contribution in [0, 0.1) is 5.92 Å². The topological polar surface area (TPSA) is 32.3 Å². The molecule has 1 N–H and O–H groups in total. The summed E-state index contributed by atoms with van der Waals surface area (Å²) in [5.74, 6) is 1.59. The third kappa shape index (κ3) is 2.98. The van der Waals surface area contributed by atoms with Gasteiger partial charge in [-0.1, -0.05) is 38.1 Å². The van der Waals surface area contributed by atoms with E-state index in [-0.39, 0.29) is 5.92 Å². The van der Waals surface area contributed by atoms with Gasteiger partial charge in [-0.05, 0) is 36.3 Å². The van der Waals surface area contributed by atoms with E-state index >= 15 is 0 Å². The van der Waals surface area contributed by atoms with E-state index in [0.29, 0.717) is 23.8 Å². The number of benzene rings is 1. The molecule has 1 aliphatic heterocycles. The summed E-state index contributed by atoms with van der Waals surface area (Å²) in [6.45, 7) is 9.27. The van der Waals surface area contributed by atoms with Gasteiger partial charge in [0.2, 0.25) is 5.91 Å². The maximum atomic E-state index is 12.6. The van der Waals surface area contributed by atoms with E-state index < -0.39 is 0 Å². The highest BCUT2D eigenvalue weighted by atomic mass is 16.2. The molecule has 0 spiro atoms. The highest BCUT2D eigenvalue weighted by Crippen LogP contribution is 2.48. The number of nitrogens with one attached hydrogen (secondary N) is 1. The highest BCUT2D eigenvalue weighted by Gasteiger charge is 2.46. The number of hydrogen-bond acceptors (Lipinski definition) is 2. The van der Waals surface area contributed by atoms with Gasteiger partial charge >= 0.3 is 0 Å². The van der Waals surface area contributed by atoms with Crippen molar-refractivity contribution in [1.29, 1.82) is 0 Å². The molecule has 3 nitrogen and oxygen atoms in total. The fourth-order valence-corrected chi connectivity index (χ4v) is 3.35. The summed E-state index contributed by atoms with van der Waals surface area (Å²) >= 11 is 0. The van der Waals surface area contributed by atoms with Crippen molar-refractivity contribution in [2.24, 2.45) is 5.92 Å². The lowest BCUT2D eigenvalue weighted by atomic mass is 9.99. The van der Waals surface area contributed by atoms with Gasteiger partial charge in [-0.25, -0.2) is 0 Å². The van der Waals surface area contributed by atoms with Gasteiger partial charge in [-0.15, -0.1) is 0 Å². The second-order valence-electron chi connectivity index (χ2n) is 6.85. The standard InChI is InChI=1S/C18H26N2O/c1-12(2)14-4-6-15(7-5-14)16-10-17(16)18(21)20-9-8-19-11-13(20)3/h4-7,12-13,16-17,19H,8-11H2,1-3H3. The zero-order valence-electron chi connectivity index (χ0n) is 13.3. The average Bonchev–Trinajstić information content (AvgIpc) is 3.27. The van der Waals surface area contributed by atoms with Crippen LogP contribution in [0.3, 0.4) is 0 Å². The Morgan fingerprint density at radius 2 is 2.00 bits per heavy atom. The molecular weight excluding hydrogens is 260 g/mol. The Morgan fingerprint density at radius 3 is 2.62 bits per heavy atom. The number of hydrogen-bond donors (Lipinski definition) is 1. The van der Waals surface area contributed by atoms with Crippen LogP contribution in [0.5, 0.6) is 0 Å². The molecule has 1 heterocycles. The summed E-state index contributed by atoms with van der Waals surface area (Å²) in [6.07, 6.45) is 1.02. The molecule has 114 valence electrons. The fraction of sp³-hybridized carbons (Fsp3) is 0.611. The van der Waals surface area contributed by atoms with Crippen molar-refractivity contribution < 1.29 is 4.79 Å². The average molecular weight is 286 g/mol. The molecule has 21 heavy (non-hydrogen) atoms. The number of rotatable bonds is 3. The lowest BCUT2D eigenvalue weighted by Crippen LogP contribution is -2.52. The van der Waals surface area contributed by atoms with Crippen LogP contribution in [0.2, 0.25) is 0 Å². The van der Waals surface area contributed by atoms with Crippen molar-refractivity contribution in [3.8, 4) is 0 Å². The molecular formula is C18H26N2O. The van der Waals surface area contributed by atoms with E-state index in [1.807, 2.05) is 0 Å². The van der Waals surface area contributed by atoms with Crippen molar-refractivity contribution in [3.63, 3.8) is 0 Å². The maximum Gasteiger partial charge on any atom is 0.226 e. The first-order valence-corrected chi connectivity index (χ1v) is 8.19. The first-order chi connectivity index (χ1) is 10.1. The number of carbonyl (C=O) groups is 1. The minimum absolute atomic E-state index is 0.218. The summed E-state index contributed by atoms with van der Waals surface area (Å²) in [5.41, 5.74) is 2.71. The summed E-state index contributed by atoms with van der Waals surface area (Å²) in [5, 5.41) is 3.34. The van der Waals surface area contributed by atoms with Crippen LogP contribution in [0.25, 0.3) is 0 Å². The monoisotopic (exact) mass is 286 g/mol. The molecule has 2 aliphatic rings. The molecule has 0 aromatic heterocycles. The molecule has 3 heteroatoms. The van der Waals surface area contributed by atoms with Crippen molar-refractivity contribution in [1.82, 2.24) is 10.2 Å². The van der Waals surface area contributed by atoms with Crippen molar-refractivity contribution >= 4 is 5.91 Å². The largest absolute Gasteiger partial charge is 0.337 e. The summed E-state index contributed by atoms with van der Waals surface area (Å²) < 4.78 is 0. The van der Waals surface area contributed by atoms with E-state index in [1.165, 1.54) is 11.1 Å². The summed E-state index contributed by atoms with van der Waals surface area (Å²) in [4.78, 5) is 14.7. The third-order valence-corrected chi connectivity index (χ3v) is 4.92. The first-order valence-electron chi connectivity index (χ1n) is 8.19. The van der Waals surface area contributed by atoms with Crippen LogP contribution in [-0.4, -0.2) is 36.5 Å². The molecule has 1 saturated heterocycles. The van der Waals surface area contributed by atoms with Gasteiger partial charge in [0.15, 0.2) is 0 Å². The maximum absolute atomic E-state index is 12.6. The lowest BCUT2D eigenvalue weighted by molar-refractivity contribution is -0.135. The van der Waals surface area contributed by atoms with Crippen LogP contribution >= 0.6 is 0 Å². The van der Waals surface area contributed by atoms with Crippen LogP contribution in [0.4, 0.5) is 0 Å². The van der Waals surface area contributed by atoms with Gasteiger partial charge in [-0.3, -0.25) is 4.79 Å². The van der Waals surface area contributed by atoms with Crippen LogP contribution in [0.1, 0.15) is 50.2 Å². The summed E-state index contributed by atoms with van der Waals surface area (Å²) in [6, 6.07) is 9.19. The van der Waals surface area contributed by atoms with Gasteiger partial charge in [-0.2, -0.15) is 0 Å². The van der Waals surface area contributed by atoms with Crippen LogP contribution in [-0.2, 0) is 4.79 Å². The van der Waals surface area contributed by atoms with E-state index in [9.17, 15) is 4.79 Å². The molecule has 2 fully saturated rings. The van der Waals surface area contributed by atoms with Crippen LogP contribution in [0.15, 0.2) is 24.3 Å². The predicted molar refractivity (Wildman–Crippen MR) is 85.4 cm³/mol. The normalized spacial score (nSPS) is 28.8. The minimum atomic E-state index is 0.218. The van der Waals surface area contributed by atoms with E-state index in [1.54, 1.807) is 0 Å². The Bertz CT molecular complexity index is 508. The van der Waals surface area contributed by atoms with Crippen molar-refractivity contribution in [2.45, 2.75) is 45.1 Å². The Morgan fingerprint density at radius 1 is 1.29 bits per heavy atom. The van der Waals surface area contributed by atoms with E-state index in [4.69, 9.17) is 0 Å². The van der Waals surface area contributed by atoms with Crippen molar-refractivity contribution in [3.05, 3.63) is 35.4 Å². The number of nitrogens with zero attached hydrogens (tertiary/aromatic N) is 1. The molecule has 3 atom stereocenters. The molecule has 1 aliphatic carbocycles. The molecule has 1 saturated carbocycles. The van der Waals surface area contributed by atoms with Gasteiger partial charge in [0, 0.05) is 31.6 Å². The zero-order chi connectivity index (χ0) is 15.0. The first kappa shape index (κ1) is 14.6. The number of amides is 1. The van der Waals surface area contributed by atoms with E-state index in [2.05, 4.69) is 55.3 Å². The SMILES string of the molecule is CC(C)c1ccc(C2CC2C(=O)N2CCNCC2C)cc1. The Hall–Kier alpha value is -1.35. The Balaban J connectivity index is 1.64. The highest BCUT2D eigenvalue weighted by molar-refractivity contribution is 5.83. The molecule has 3 unspecified atom stereocenters. The zero-order valence-corrected chi connectivity index (χ0v) is 13.3. The molecule has 3 rings (SSSR count). The minimum Gasteiger partial charge on any atom is -0.337 e. The summed E-state index contributed by atoms with van der Waals surface area (Å²) in [7, 11) is 0. The van der Waals surface area contributed by atoms with Gasteiger partial charge in [0.1, 0.15) is 0 Å². The smallest absolute Gasteiger partial charge is 0.226 e. The quantitative estimate of drug-likeness (QED) is 0.926. The van der Waals surface area contributed by atoms with Gasteiger partial charge < -0.3 is 10.2 Å². The van der Waals surface area contributed by atoms with Crippen LogP contribution < -0.4 is 5.32 Å². The molecule has 1 amide bonds. The lowest BCUT2D eigenvalue weighted by Gasteiger charge is -2.34. The van der Waals surface area contributed by atoms with Gasteiger partial charge in [0.25, 0.3) is 0 Å². The second-order valence-corrected chi connectivity index (χ2v) is 6.85. The predicted octanol–water partition coefficient (Wildman–Crippen LogP) is 2.73. The van der Waals surface area contributed by atoms with Crippen molar-refractivity contribution in [2.75, 3.05) is 19.6 Å². The molecule has 1 aromatic rings. The molecule has 0 bridgehead atoms. The molecule has 1 aromatic carbocycles.